The van der Waals surface area contributed by atoms with Crippen LogP contribution in [-0.4, -0.2) is 43.2 Å². The highest BCUT2D eigenvalue weighted by atomic mass is 19.4. The topological polar surface area (TPSA) is 148 Å². The summed E-state index contributed by atoms with van der Waals surface area (Å²) in [5.41, 5.74) is 4.03. The Hall–Kier alpha value is -3.12. The Labute approximate surface area is 143 Å². The van der Waals surface area contributed by atoms with Crippen LogP contribution in [0.5, 0.6) is 0 Å². The van der Waals surface area contributed by atoms with Crippen LogP contribution in [0.2, 0.25) is 0 Å². The molecule has 0 aromatic heterocycles. The van der Waals surface area contributed by atoms with Crippen LogP contribution in [-0.2, 0) is 10.9 Å². The zero-order chi connectivity index (χ0) is 19.9. The van der Waals surface area contributed by atoms with Crippen molar-refractivity contribution in [1.82, 2.24) is 0 Å². The molecule has 26 heavy (non-hydrogen) atoms. The summed E-state index contributed by atoms with van der Waals surface area (Å²) in [6.45, 7) is -0.536. The Morgan fingerprint density at radius 2 is 1.77 bits per heavy atom. The fourth-order valence-corrected chi connectivity index (χ4v) is 2.12. The summed E-state index contributed by atoms with van der Waals surface area (Å²) in [4.78, 5) is 23.8. The second-order valence-corrected chi connectivity index (χ2v) is 4.81. The van der Waals surface area contributed by atoms with Crippen LogP contribution in [0.25, 0.3) is 10.4 Å². The minimum absolute atomic E-state index is 0.0222. The van der Waals surface area contributed by atoms with Gasteiger partial charge >= 0.3 is 6.18 Å². The van der Waals surface area contributed by atoms with Crippen molar-refractivity contribution in [1.29, 1.82) is 0 Å². The summed E-state index contributed by atoms with van der Waals surface area (Å²) in [7, 11) is 1.31. The minimum atomic E-state index is -5.00. The summed E-state index contributed by atoms with van der Waals surface area (Å²) in [6.07, 6.45) is -5.00. The first kappa shape index (κ1) is 20.9. The Bertz CT molecular complexity index is 700. The minimum Gasteiger partial charge on any atom is -0.383 e. The standard InChI is InChI=1S/C12H13F3N6O5/c1-26-5-4-19(3-2-17-18-16)11-9(20(22)23)6-8(12(13,14)15)7-10(11)21(24)25/h6-7H,2-5H2,1H3. The van der Waals surface area contributed by atoms with Gasteiger partial charge in [0.1, 0.15) is 0 Å². The Morgan fingerprint density at radius 1 is 1.23 bits per heavy atom. The van der Waals surface area contributed by atoms with Gasteiger partial charge in [0.05, 0.1) is 22.0 Å². The SMILES string of the molecule is COCCN(CCN=[N+]=[N-])c1c([N+](=O)[O-])cc(C(F)(F)F)cc1[N+](=O)[O-]. The molecule has 1 aromatic carbocycles. The molecule has 0 atom stereocenters. The van der Waals surface area contributed by atoms with Gasteiger partial charge in [0.15, 0.2) is 5.69 Å². The predicted octanol–water partition coefficient (Wildman–Crippen LogP) is 3.28. The van der Waals surface area contributed by atoms with E-state index in [-0.39, 0.29) is 38.4 Å². The third-order valence-corrected chi connectivity index (χ3v) is 3.21. The van der Waals surface area contributed by atoms with Crippen molar-refractivity contribution in [2.75, 3.05) is 38.3 Å². The molecular formula is C12H13F3N6O5. The average Bonchev–Trinajstić information content (AvgIpc) is 2.55. The second kappa shape index (κ2) is 8.82. The van der Waals surface area contributed by atoms with Crippen molar-refractivity contribution in [3.63, 3.8) is 0 Å². The van der Waals surface area contributed by atoms with E-state index in [0.29, 0.717) is 0 Å². The molecule has 0 saturated carbocycles. The van der Waals surface area contributed by atoms with Crippen molar-refractivity contribution in [3.8, 4) is 0 Å². The highest BCUT2D eigenvalue weighted by Crippen LogP contribution is 2.43. The molecule has 0 spiro atoms. The maximum atomic E-state index is 12.9. The third kappa shape index (κ3) is 5.19. The summed E-state index contributed by atoms with van der Waals surface area (Å²) in [5, 5.41) is 25.7. The van der Waals surface area contributed by atoms with Gasteiger partial charge < -0.3 is 9.64 Å². The fraction of sp³-hybridized carbons (Fsp3) is 0.500. The molecule has 0 fully saturated rings. The molecule has 0 bridgehead atoms. The molecule has 0 aliphatic rings. The van der Waals surface area contributed by atoms with Crippen LogP contribution in [0.1, 0.15) is 5.56 Å². The smallest absolute Gasteiger partial charge is 0.383 e. The molecule has 11 nitrogen and oxygen atoms in total. The predicted molar refractivity (Wildman–Crippen MR) is 82.9 cm³/mol. The van der Waals surface area contributed by atoms with Crippen LogP contribution in [0.3, 0.4) is 0 Å². The van der Waals surface area contributed by atoms with Gasteiger partial charge in [-0.05, 0) is 5.53 Å². The van der Waals surface area contributed by atoms with Crippen LogP contribution in [0.15, 0.2) is 17.2 Å². The number of hydrogen-bond donors (Lipinski definition) is 0. The monoisotopic (exact) mass is 378 g/mol. The molecule has 0 heterocycles. The van der Waals surface area contributed by atoms with Crippen LogP contribution < -0.4 is 4.90 Å². The van der Waals surface area contributed by atoms with Crippen molar-refractivity contribution in [2.24, 2.45) is 5.11 Å². The molecule has 0 aliphatic carbocycles. The van der Waals surface area contributed by atoms with Crippen LogP contribution in [0, 0.1) is 20.2 Å². The summed E-state index contributed by atoms with van der Waals surface area (Å²) in [5.74, 6) is 0. The lowest BCUT2D eigenvalue weighted by atomic mass is 10.1. The van der Waals surface area contributed by atoms with E-state index in [1.165, 1.54) is 7.11 Å². The second-order valence-electron chi connectivity index (χ2n) is 4.81. The van der Waals surface area contributed by atoms with E-state index in [0.717, 1.165) is 4.90 Å². The highest BCUT2D eigenvalue weighted by Gasteiger charge is 2.39. The molecule has 1 rings (SSSR count). The number of methoxy groups -OCH3 is 1. The van der Waals surface area contributed by atoms with Gasteiger partial charge in [-0.25, -0.2) is 0 Å². The molecule has 1 aromatic rings. The number of rotatable bonds is 9. The number of ether oxygens (including phenoxy) is 1. The van der Waals surface area contributed by atoms with E-state index in [2.05, 4.69) is 10.0 Å². The van der Waals surface area contributed by atoms with Gasteiger partial charge in [-0.15, -0.1) is 0 Å². The van der Waals surface area contributed by atoms with Gasteiger partial charge in [0.2, 0.25) is 0 Å². The first-order valence-electron chi connectivity index (χ1n) is 6.92. The molecule has 0 amide bonds. The van der Waals surface area contributed by atoms with Gasteiger partial charge in [-0.3, -0.25) is 20.2 Å². The number of nitro benzene ring substituents is 2. The number of nitro groups is 2. The zero-order valence-electron chi connectivity index (χ0n) is 13.3. The number of anilines is 1. The van der Waals surface area contributed by atoms with Gasteiger partial charge in [0.25, 0.3) is 11.4 Å². The molecular weight excluding hydrogens is 365 g/mol. The van der Waals surface area contributed by atoms with E-state index in [9.17, 15) is 33.4 Å². The Kier molecular flexibility index (Phi) is 7.10. The van der Waals surface area contributed by atoms with E-state index in [4.69, 9.17) is 10.3 Å². The molecule has 0 radical (unpaired) electrons. The van der Waals surface area contributed by atoms with E-state index in [1.54, 1.807) is 0 Å². The number of azide groups is 1. The average molecular weight is 378 g/mol. The van der Waals surface area contributed by atoms with Crippen molar-refractivity contribution >= 4 is 17.1 Å². The lowest BCUT2D eigenvalue weighted by Gasteiger charge is -2.23. The van der Waals surface area contributed by atoms with E-state index in [1.807, 2.05) is 0 Å². The molecule has 0 unspecified atom stereocenters. The number of benzene rings is 1. The normalized spacial score (nSPS) is 10.9. The molecule has 0 N–H and O–H groups in total. The quantitative estimate of drug-likeness (QED) is 0.212. The van der Waals surface area contributed by atoms with Gasteiger partial charge in [0, 0.05) is 43.8 Å². The number of hydrogen-bond acceptors (Lipinski definition) is 7. The van der Waals surface area contributed by atoms with E-state index < -0.39 is 38.6 Å². The Balaban J connectivity index is 3.63. The van der Waals surface area contributed by atoms with Crippen molar-refractivity contribution < 1.29 is 27.8 Å². The molecule has 142 valence electrons. The maximum Gasteiger partial charge on any atom is 0.416 e. The lowest BCUT2D eigenvalue weighted by molar-refractivity contribution is -0.393. The van der Waals surface area contributed by atoms with E-state index >= 15 is 0 Å². The van der Waals surface area contributed by atoms with Crippen LogP contribution >= 0.6 is 0 Å². The summed E-state index contributed by atoms with van der Waals surface area (Å²) < 4.78 is 43.6. The number of halogens is 3. The molecule has 0 saturated heterocycles. The highest BCUT2D eigenvalue weighted by molar-refractivity contribution is 5.76. The maximum absolute atomic E-state index is 12.9. The van der Waals surface area contributed by atoms with Crippen molar-refractivity contribution in [3.05, 3.63) is 48.4 Å². The zero-order valence-corrected chi connectivity index (χ0v) is 13.3. The van der Waals surface area contributed by atoms with Gasteiger partial charge in [-0.2, -0.15) is 13.2 Å². The lowest BCUT2D eigenvalue weighted by Crippen LogP contribution is -2.31. The largest absolute Gasteiger partial charge is 0.416 e. The first-order chi connectivity index (χ1) is 12.1. The van der Waals surface area contributed by atoms with Crippen LogP contribution in [0.4, 0.5) is 30.2 Å². The summed E-state index contributed by atoms with van der Waals surface area (Å²) >= 11 is 0. The summed E-state index contributed by atoms with van der Waals surface area (Å²) in [6, 6.07) is 0.464. The van der Waals surface area contributed by atoms with Gasteiger partial charge in [-0.1, -0.05) is 5.11 Å². The first-order valence-corrected chi connectivity index (χ1v) is 6.92. The number of nitrogens with zero attached hydrogens (tertiary/aromatic N) is 6. The Morgan fingerprint density at radius 3 is 2.15 bits per heavy atom. The van der Waals surface area contributed by atoms with Crippen molar-refractivity contribution in [2.45, 2.75) is 6.18 Å². The fourth-order valence-electron chi connectivity index (χ4n) is 2.12. The molecule has 0 aliphatic heterocycles. The number of alkyl halides is 3. The molecule has 14 heteroatoms. The third-order valence-electron chi connectivity index (χ3n) is 3.21.